The van der Waals surface area contributed by atoms with Gasteiger partial charge in [-0.1, -0.05) is 232 Å². The molecule has 2 atom stereocenters. The average Bonchev–Trinajstić information content (AvgIpc) is 3.82. The van der Waals surface area contributed by atoms with Gasteiger partial charge in [0.2, 0.25) is 0 Å². The highest BCUT2D eigenvalue weighted by molar-refractivity contribution is 5.93. The van der Waals surface area contributed by atoms with Crippen molar-refractivity contribution in [2.75, 3.05) is 4.90 Å². The fraction of sp³-hybridized carbons (Fsp3) is 0.0769. The average molecular weight is 842 g/mol. The summed E-state index contributed by atoms with van der Waals surface area (Å²) >= 11 is 0. The smallest absolute Gasteiger partial charge is 0.0720 e. The molecular formula is C65H47N. The predicted molar refractivity (Wildman–Crippen MR) is 273 cm³/mol. The van der Waals surface area contributed by atoms with Gasteiger partial charge < -0.3 is 4.90 Å². The Kier molecular flexibility index (Phi) is 8.45. The molecule has 0 radical (unpaired) electrons. The topological polar surface area (TPSA) is 3.24 Å². The summed E-state index contributed by atoms with van der Waals surface area (Å²) in [5.41, 5.74) is 22.9. The molecule has 1 heteroatoms. The van der Waals surface area contributed by atoms with Crippen LogP contribution in [0.3, 0.4) is 0 Å². The van der Waals surface area contributed by atoms with Gasteiger partial charge in [-0.15, -0.1) is 0 Å². The number of anilines is 3. The first-order valence-corrected chi connectivity index (χ1v) is 23.3. The Morgan fingerprint density at radius 3 is 1.42 bits per heavy atom. The number of fused-ring (bicyclic) bond motifs is 8. The Labute approximate surface area is 388 Å². The molecule has 0 amide bonds. The van der Waals surface area contributed by atoms with Crippen LogP contribution in [0.4, 0.5) is 17.1 Å². The van der Waals surface area contributed by atoms with E-state index in [2.05, 4.69) is 267 Å². The summed E-state index contributed by atoms with van der Waals surface area (Å²) in [5.74, 6) is 0. The molecule has 0 saturated carbocycles. The standard InChI is InChI=1S/C65H47N/c1-63(2)55-31-15-12-28-51(55)53-42-41-49(43-60(53)63)66(61-36-19-14-27-50(61)44-21-6-3-7-22-44)48-39-37-47(38-40-48)64(45-23-8-4-9-24-45)57-33-17-18-34-58(57)65(46-25-10-5-11-26-46)56-32-16-13-29-52(56)54-30-20-35-59(64)62(54)65/h3-43H,1-2H3. The zero-order valence-corrected chi connectivity index (χ0v) is 37.1. The van der Waals surface area contributed by atoms with Crippen LogP contribution in [-0.2, 0) is 16.2 Å². The first kappa shape index (κ1) is 38.5. The Hall–Kier alpha value is -8.00. The van der Waals surface area contributed by atoms with E-state index in [1.54, 1.807) is 0 Å². The molecular weight excluding hydrogens is 795 g/mol. The molecule has 2 unspecified atom stereocenters. The molecule has 10 aromatic rings. The summed E-state index contributed by atoms with van der Waals surface area (Å²) in [6, 6.07) is 93.3. The Morgan fingerprint density at radius 1 is 0.288 bits per heavy atom. The van der Waals surface area contributed by atoms with E-state index < -0.39 is 10.8 Å². The summed E-state index contributed by atoms with van der Waals surface area (Å²) in [6.45, 7) is 4.74. The maximum absolute atomic E-state index is 2.48. The van der Waals surface area contributed by atoms with Crippen molar-refractivity contribution in [2.24, 2.45) is 0 Å². The Morgan fingerprint density at radius 2 is 0.742 bits per heavy atom. The molecule has 0 fully saturated rings. The minimum atomic E-state index is -0.627. The van der Waals surface area contributed by atoms with E-state index >= 15 is 0 Å². The van der Waals surface area contributed by atoms with Gasteiger partial charge in [-0.05, 0) is 114 Å². The number of para-hydroxylation sites is 1. The van der Waals surface area contributed by atoms with Crippen molar-refractivity contribution in [3.63, 3.8) is 0 Å². The molecule has 3 aliphatic carbocycles. The molecule has 0 aliphatic heterocycles. The molecule has 0 bridgehead atoms. The third kappa shape index (κ3) is 5.17. The van der Waals surface area contributed by atoms with Gasteiger partial charge in [0.15, 0.2) is 0 Å². The van der Waals surface area contributed by atoms with Crippen LogP contribution >= 0.6 is 0 Å². The molecule has 0 N–H and O–H groups in total. The van der Waals surface area contributed by atoms with Gasteiger partial charge in [-0.25, -0.2) is 0 Å². The highest BCUT2D eigenvalue weighted by Crippen LogP contribution is 2.66. The van der Waals surface area contributed by atoms with E-state index in [0.29, 0.717) is 0 Å². The van der Waals surface area contributed by atoms with Gasteiger partial charge in [-0.3, -0.25) is 0 Å². The van der Waals surface area contributed by atoms with Crippen molar-refractivity contribution in [3.05, 3.63) is 304 Å². The fourth-order valence-electron chi connectivity index (χ4n) is 12.5. The lowest BCUT2D eigenvalue weighted by molar-refractivity contribution is 0.626. The first-order chi connectivity index (χ1) is 32.5. The summed E-state index contributed by atoms with van der Waals surface area (Å²) in [4.78, 5) is 2.48. The lowest BCUT2D eigenvalue weighted by Gasteiger charge is -2.49. The third-order valence-electron chi connectivity index (χ3n) is 15.2. The van der Waals surface area contributed by atoms with Crippen molar-refractivity contribution < 1.29 is 0 Å². The van der Waals surface area contributed by atoms with Crippen LogP contribution in [-0.4, -0.2) is 0 Å². The van der Waals surface area contributed by atoms with Gasteiger partial charge >= 0.3 is 0 Å². The molecule has 66 heavy (non-hydrogen) atoms. The lowest BCUT2D eigenvalue weighted by atomic mass is 9.52. The molecule has 0 aromatic heterocycles. The lowest BCUT2D eigenvalue weighted by Crippen LogP contribution is -2.44. The summed E-state index contributed by atoms with van der Waals surface area (Å²) in [6.07, 6.45) is 0. The number of rotatable bonds is 7. The SMILES string of the molecule is CC1(C)c2ccccc2-c2ccc(N(c3ccc(C4(c5ccccc5)c5ccccc5C5(c6ccccc6)c6ccccc6-c6cccc4c65)cc3)c3ccccc3-c3ccccc3)cc21. The number of hydrogen-bond acceptors (Lipinski definition) is 1. The largest absolute Gasteiger partial charge is 0.310 e. The second-order valence-electron chi connectivity index (χ2n) is 18.7. The van der Waals surface area contributed by atoms with E-state index in [9.17, 15) is 0 Å². The number of benzene rings is 10. The van der Waals surface area contributed by atoms with Crippen LogP contribution in [0.15, 0.2) is 249 Å². The Balaban J connectivity index is 1.07. The molecule has 3 aliphatic rings. The van der Waals surface area contributed by atoms with E-state index in [0.717, 1.165) is 17.1 Å². The van der Waals surface area contributed by atoms with Crippen LogP contribution in [0.25, 0.3) is 33.4 Å². The minimum Gasteiger partial charge on any atom is -0.310 e. The highest BCUT2D eigenvalue weighted by Gasteiger charge is 2.57. The van der Waals surface area contributed by atoms with Gasteiger partial charge in [-0.2, -0.15) is 0 Å². The van der Waals surface area contributed by atoms with Crippen molar-refractivity contribution in [1.29, 1.82) is 0 Å². The highest BCUT2D eigenvalue weighted by atomic mass is 15.1. The van der Waals surface area contributed by atoms with Gasteiger partial charge in [0.05, 0.1) is 16.5 Å². The maximum atomic E-state index is 2.48. The molecule has 0 heterocycles. The van der Waals surface area contributed by atoms with E-state index in [1.807, 2.05) is 0 Å². The quantitative estimate of drug-likeness (QED) is 0.155. The van der Waals surface area contributed by atoms with E-state index in [4.69, 9.17) is 0 Å². The van der Waals surface area contributed by atoms with E-state index in [-0.39, 0.29) is 5.41 Å². The van der Waals surface area contributed by atoms with Crippen LogP contribution in [0.5, 0.6) is 0 Å². The third-order valence-corrected chi connectivity index (χ3v) is 15.2. The molecule has 312 valence electrons. The van der Waals surface area contributed by atoms with Crippen molar-refractivity contribution >= 4 is 17.1 Å². The second-order valence-corrected chi connectivity index (χ2v) is 18.7. The minimum absolute atomic E-state index is 0.141. The van der Waals surface area contributed by atoms with Gasteiger partial charge in [0, 0.05) is 22.4 Å². The maximum Gasteiger partial charge on any atom is 0.0720 e. The van der Waals surface area contributed by atoms with Crippen LogP contribution in [0.2, 0.25) is 0 Å². The number of hydrogen-bond donors (Lipinski definition) is 0. The number of nitrogens with zero attached hydrogens (tertiary/aromatic N) is 1. The van der Waals surface area contributed by atoms with Gasteiger partial charge in [0.25, 0.3) is 0 Å². The first-order valence-electron chi connectivity index (χ1n) is 23.3. The second kappa shape index (κ2) is 14.5. The monoisotopic (exact) mass is 841 g/mol. The van der Waals surface area contributed by atoms with Crippen LogP contribution in [0, 0.1) is 0 Å². The molecule has 1 nitrogen and oxygen atoms in total. The zero-order valence-electron chi connectivity index (χ0n) is 37.1. The molecule has 0 spiro atoms. The predicted octanol–water partition coefficient (Wildman–Crippen LogP) is 16.2. The van der Waals surface area contributed by atoms with Crippen LogP contribution in [0.1, 0.15) is 69.5 Å². The summed E-state index contributed by atoms with van der Waals surface area (Å²) < 4.78 is 0. The van der Waals surface area contributed by atoms with Gasteiger partial charge in [0.1, 0.15) is 0 Å². The normalized spacial score (nSPS) is 17.8. The fourth-order valence-corrected chi connectivity index (χ4v) is 12.5. The summed E-state index contributed by atoms with van der Waals surface area (Å²) in [7, 11) is 0. The zero-order chi connectivity index (χ0) is 44.0. The van der Waals surface area contributed by atoms with E-state index in [1.165, 1.54) is 89.0 Å². The molecule has 10 aromatic carbocycles. The van der Waals surface area contributed by atoms with Crippen molar-refractivity contribution in [1.82, 2.24) is 0 Å². The molecule has 0 saturated heterocycles. The van der Waals surface area contributed by atoms with Crippen LogP contribution < -0.4 is 4.90 Å². The Bertz CT molecular complexity index is 3500. The molecule has 13 rings (SSSR count). The summed E-state index contributed by atoms with van der Waals surface area (Å²) in [5, 5.41) is 0. The van der Waals surface area contributed by atoms with Crippen molar-refractivity contribution in [3.8, 4) is 33.4 Å². The van der Waals surface area contributed by atoms with Crippen molar-refractivity contribution in [2.45, 2.75) is 30.1 Å².